The molecule has 1 saturated carbocycles. The molecule has 2 N–H and O–H groups in total. The first kappa shape index (κ1) is 24.6. The van der Waals surface area contributed by atoms with E-state index in [4.69, 9.17) is 20.2 Å². The molecule has 0 amide bonds. The number of imidazole rings is 1. The minimum Gasteiger partial charge on any atom is -0.481 e. The molecule has 1 aromatic carbocycles. The fourth-order valence-electron chi connectivity index (χ4n) is 4.38. The summed E-state index contributed by atoms with van der Waals surface area (Å²) in [6, 6.07) is 7.67. The van der Waals surface area contributed by atoms with Crippen molar-refractivity contribution >= 4 is 17.1 Å². The van der Waals surface area contributed by atoms with E-state index in [1.807, 2.05) is 0 Å². The van der Waals surface area contributed by atoms with Crippen LogP contribution in [0.1, 0.15) is 35.7 Å². The Bertz CT molecular complexity index is 1680. The lowest BCUT2D eigenvalue weighted by molar-refractivity contribution is -0.141. The third kappa shape index (κ3) is 4.47. The summed E-state index contributed by atoms with van der Waals surface area (Å²) in [5, 5.41) is 3.65. The van der Waals surface area contributed by atoms with Crippen LogP contribution in [0.4, 0.5) is 19.1 Å². The van der Waals surface area contributed by atoms with Gasteiger partial charge in [0.1, 0.15) is 17.4 Å². The highest BCUT2D eigenvalue weighted by Crippen LogP contribution is 2.45. The first-order chi connectivity index (χ1) is 18.8. The Hall–Kier alpha value is -4.75. The predicted molar refractivity (Wildman–Crippen MR) is 134 cm³/mol. The summed E-state index contributed by atoms with van der Waals surface area (Å²) in [4.78, 5) is 22.4. The summed E-state index contributed by atoms with van der Waals surface area (Å²) in [5.41, 5.74) is 8.93. The van der Waals surface area contributed by atoms with Crippen molar-refractivity contribution in [3.8, 4) is 28.8 Å². The Morgan fingerprint density at radius 1 is 1.03 bits per heavy atom. The number of benzene rings is 1. The highest BCUT2D eigenvalue weighted by Gasteiger charge is 2.35. The minimum absolute atomic E-state index is 0.0324. The van der Waals surface area contributed by atoms with E-state index >= 15 is 0 Å². The van der Waals surface area contributed by atoms with E-state index in [1.165, 1.54) is 20.5 Å². The molecular weight excluding hydrogens is 515 g/mol. The van der Waals surface area contributed by atoms with Gasteiger partial charge in [-0.25, -0.2) is 29.6 Å². The van der Waals surface area contributed by atoms with Gasteiger partial charge >= 0.3 is 6.18 Å². The maximum atomic E-state index is 13.1. The Kier molecular flexibility index (Phi) is 5.81. The van der Waals surface area contributed by atoms with Crippen molar-refractivity contribution in [2.45, 2.75) is 31.5 Å². The third-order valence-electron chi connectivity index (χ3n) is 6.44. The molecule has 1 aliphatic carbocycles. The largest absolute Gasteiger partial charge is 0.481 e. The first-order valence-corrected chi connectivity index (χ1v) is 12.0. The number of hydrogen-bond donors (Lipinski definition) is 1. The molecule has 4 heterocycles. The van der Waals surface area contributed by atoms with Gasteiger partial charge in [-0.05, 0) is 30.5 Å². The van der Waals surface area contributed by atoms with Gasteiger partial charge in [0.05, 0.1) is 38.3 Å². The summed E-state index contributed by atoms with van der Waals surface area (Å²) < 4.78 is 52.8. The van der Waals surface area contributed by atoms with Gasteiger partial charge in [-0.2, -0.15) is 18.3 Å². The van der Waals surface area contributed by atoms with Gasteiger partial charge in [0.2, 0.25) is 17.7 Å². The fraction of sp³-hybridized carbons (Fsp3) is 0.280. The maximum absolute atomic E-state index is 13.1. The Morgan fingerprint density at radius 2 is 1.79 bits per heavy atom. The van der Waals surface area contributed by atoms with Crippen molar-refractivity contribution in [1.82, 2.24) is 39.3 Å². The highest BCUT2D eigenvalue weighted by molar-refractivity contribution is 5.77. The van der Waals surface area contributed by atoms with Crippen molar-refractivity contribution in [2.24, 2.45) is 0 Å². The molecule has 200 valence electrons. The number of nitrogens with zero attached hydrogens (tertiary/aromatic N) is 8. The van der Waals surface area contributed by atoms with Gasteiger partial charge < -0.3 is 15.2 Å². The lowest BCUT2D eigenvalue weighted by Gasteiger charge is -2.11. The quantitative estimate of drug-likeness (QED) is 0.327. The molecule has 5 aromatic rings. The number of hydrogen-bond acceptors (Lipinski definition) is 9. The lowest BCUT2D eigenvalue weighted by Crippen LogP contribution is -2.08. The number of aromatic nitrogens is 8. The van der Waals surface area contributed by atoms with E-state index in [2.05, 4.69) is 25.0 Å². The second kappa shape index (κ2) is 9.22. The summed E-state index contributed by atoms with van der Waals surface area (Å²) in [5.74, 6) is 1.32. The summed E-state index contributed by atoms with van der Waals surface area (Å²) in [6.45, 7) is 0.307. The van der Waals surface area contributed by atoms with E-state index in [0.717, 1.165) is 34.8 Å². The van der Waals surface area contributed by atoms with Crippen LogP contribution in [0, 0.1) is 0 Å². The van der Waals surface area contributed by atoms with Crippen molar-refractivity contribution in [1.29, 1.82) is 0 Å². The van der Waals surface area contributed by atoms with Crippen LogP contribution in [-0.4, -0.2) is 53.5 Å². The zero-order chi connectivity index (χ0) is 27.3. The third-order valence-corrected chi connectivity index (χ3v) is 6.44. The van der Waals surface area contributed by atoms with E-state index in [-0.39, 0.29) is 11.8 Å². The number of rotatable bonds is 7. The molecule has 0 bridgehead atoms. The van der Waals surface area contributed by atoms with Crippen LogP contribution in [0.2, 0.25) is 0 Å². The maximum Gasteiger partial charge on any atom is 0.435 e. The number of halogens is 3. The molecule has 0 radical (unpaired) electrons. The molecule has 4 aromatic heterocycles. The molecule has 11 nitrogen and oxygen atoms in total. The monoisotopic (exact) mass is 537 g/mol. The van der Waals surface area contributed by atoms with Crippen LogP contribution >= 0.6 is 0 Å². The number of nitrogen functional groups attached to an aromatic ring is 1. The summed E-state index contributed by atoms with van der Waals surface area (Å²) in [7, 11) is 2.82. The molecule has 0 unspecified atom stereocenters. The van der Waals surface area contributed by atoms with Gasteiger partial charge in [-0.3, -0.25) is 4.57 Å². The minimum atomic E-state index is -4.59. The van der Waals surface area contributed by atoms with E-state index < -0.39 is 11.9 Å². The number of fused-ring (bicyclic) bond motifs is 1. The average Bonchev–Trinajstić information content (AvgIpc) is 3.60. The topological polar surface area (TPSA) is 132 Å². The van der Waals surface area contributed by atoms with Gasteiger partial charge in [0, 0.05) is 12.0 Å². The molecule has 39 heavy (non-hydrogen) atoms. The lowest BCUT2D eigenvalue weighted by atomic mass is 10.1. The average molecular weight is 538 g/mol. The van der Waals surface area contributed by atoms with Crippen molar-refractivity contribution in [3.05, 3.63) is 59.8 Å². The number of ether oxygens (including phenoxy) is 2. The van der Waals surface area contributed by atoms with Gasteiger partial charge in [0.15, 0.2) is 17.2 Å². The van der Waals surface area contributed by atoms with Crippen molar-refractivity contribution in [2.75, 3.05) is 20.0 Å². The van der Waals surface area contributed by atoms with E-state index in [0.29, 0.717) is 46.6 Å². The molecule has 0 spiro atoms. The highest BCUT2D eigenvalue weighted by atomic mass is 19.4. The number of alkyl halides is 3. The standard InChI is InChI=1S/C25H22F3N9O2/c1-38-18-9-17(25(26,27)28)35-37(18)15-7-3-13(4-8-15)11-36-22-16(33-24(36)29)10-30-21(34-22)19-20(14-5-6-14)31-12-32-23(19)39-2/h3-4,7-10,12,14H,5-6,11H2,1-2H3,(H2,29,33). The fourth-order valence-corrected chi connectivity index (χ4v) is 4.38. The zero-order valence-corrected chi connectivity index (χ0v) is 20.8. The Balaban J connectivity index is 1.34. The molecule has 0 aliphatic heterocycles. The van der Waals surface area contributed by atoms with Crippen LogP contribution in [0.15, 0.2) is 42.9 Å². The van der Waals surface area contributed by atoms with E-state index in [9.17, 15) is 13.2 Å². The van der Waals surface area contributed by atoms with Crippen LogP contribution < -0.4 is 15.2 Å². The zero-order valence-electron chi connectivity index (χ0n) is 20.8. The van der Waals surface area contributed by atoms with Crippen molar-refractivity contribution < 1.29 is 22.6 Å². The molecule has 0 atom stereocenters. The molecule has 1 fully saturated rings. The molecular formula is C25H22F3N9O2. The van der Waals surface area contributed by atoms with Crippen LogP contribution in [0.25, 0.3) is 28.2 Å². The van der Waals surface area contributed by atoms with Crippen molar-refractivity contribution in [3.63, 3.8) is 0 Å². The number of anilines is 1. The number of nitrogens with two attached hydrogens (primary N) is 1. The van der Waals surface area contributed by atoms with Crippen LogP contribution in [0.5, 0.6) is 11.8 Å². The second-order valence-electron chi connectivity index (χ2n) is 9.02. The molecule has 14 heteroatoms. The first-order valence-electron chi connectivity index (χ1n) is 12.0. The van der Waals surface area contributed by atoms with Crippen LogP contribution in [-0.2, 0) is 12.7 Å². The summed E-state index contributed by atoms with van der Waals surface area (Å²) in [6.07, 6.45) is 0.535. The second-order valence-corrected chi connectivity index (χ2v) is 9.02. The van der Waals surface area contributed by atoms with Gasteiger partial charge in [-0.1, -0.05) is 12.1 Å². The Labute approximate surface area is 219 Å². The summed E-state index contributed by atoms with van der Waals surface area (Å²) >= 11 is 0. The van der Waals surface area contributed by atoms with Gasteiger partial charge in [-0.15, -0.1) is 0 Å². The number of methoxy groups -OCH3 is 2. The molecule has 0 saturated heterocycles. The van der Waals surface area contributed by atoms with Crippen LogP contribution in [0.3, 0.4) is 0 Å². The smallest absolute Gasteiger partial charge is 0.435 e. The molecule has 1 aliphatic rings. The SMILES string of the molecule is COc1ncnc(C2CC2)c1-c1ncc2nc(N)n(Cc3ccc(-n4nc(C(F)(F)F)cc4OC)cc3)c2n1. The van der Waals surface area contributed by atoms with Gasteiger partial charge in [0.25, 0.3) is 0 Å². The Morgan fingerprint density at radius 3 is 2.46 bits per heavy atom. The normalized spacial score (nSPS) is 13.7. The molecule has 6 rings (SSSR count). The van der Waals surface area contributed by atoms with E-state index in [1.54, 1.807) is 35.0 Å². The predicted octanol–water partition coefficient (Wildman–Crippen LogP) is 4.01.